The Balaban J connectivity index is 1.29. The predicted molar refractivity (Wildman–Crippen MR) is 150 cm³/mol. The van der Waals surface area contributed by atoms with E-state index in [1.165, 1.54) is 13.0 Å². The zero-order chi connectivity index (χ0) is 28.7. The minimum atomic E-state index is -3.70. The summed E-state index contributed by atoms with van der Waals surface area (Å²) < 4.78 is 77.2. The second-order valence-corrected chi connectivity index (χ2v) is 10.8. The summed E-state index contributed by atoms with van der Waals surface area (Å²) in [6.45, 7) is 4.25. The summed E-state index contributed by atoms with van der Waals surface area (Å²) in [4.78, 5) is 0. The quantitative estimate of drug-likeness (QED) is 0.122. The normalized spacial score (nSPS) is 22.5. The Morgan fingerprint density at radius 3 is 2.25 bits per heavy atom. The molecule has 0 spiro atoms. The fraction of sp³-hybridized carbons (Fsp3) is 0.455. The van der Waals surface area contributed by atoms with Crippen LogP contribution in [0.1, 0.15) is 87.0 Å². The van der Waals surface area contributed by atoms with Crippen LogP contribution in [-0.2, 0) is 17.3 Å². The van der Waals surface area contributed by atoms with Crippen molar-refractivity contribution < 1.29 is 26.7 Å². The highest BCUT2D eigenvalue weighted by atomic mass is 19.3. The maximum Gasteiger partial charge on any atom is 0.386 e. The van der Waals surface area contributed by atoms with Gasteiger partial charge in [-0.05, 0) is 111 Å². The van der Waals surface area contributed by atoms with E-state index in [0.717, 1.165) is 60.7 Å². The number of alkyl halides is 2. The van der Waals surface area contributed by atoms with E-state index >= 15 is 0 Å². The van der Waals surface area contributed by atoms with Crippen molar-refractivity contribution in [2.75, 3.05) is 6.54 Å². The molecule has 40 heavy (non-hydrogen) atoms. The average molecular weight is 560 g/mol. The summed E-state index contributed by atoms with van der Waals surface area (Å²) in [5, 5.41) is 3.24. The van der Waals surface area contributed by atoms with Gasteiger partial charge in [0.25, 0.3) is 0 Å². The second-order valence-electron chi connectivity index (χ2n) is 10.8. The molecule has 4 rings (SSSR count). The number of unbranched alkanes of at least 4 members (excludes halogenated alkanes) is 1. The molecule has 0 unspecified atom stereocenters. The first-order valence-electron chi connectivity index (χ1n) is 14.2. The van der Waals surface area contributed by atoms with Crippen LogP contribution in [0.15, 0.2) is 72.3 Å². The number of aryl methyl sites for hydroxylation is 1. The van der Waals surface area contributed by atoms with Crippen molar-refractivity contribution in [3.8, 4) is 0 Å². The number of nitrogens with one attached hydrogen (secondary N) is 1. The van der Waals surface area contributed by atoms with Crippen LogP contribution in [0.4, 0.5) is 22.0 Å². The first-order valence-corrected chi connectivity index (χ1v) is 14.2. The molecule has 1 saturated carbocycles. The van der Waals surface area contributed by atoms with Gasteiger partial charge in [0, 0.05) is 12.6 Å². The van der Waals surface area contributed by atoms with Crippen LogP contribution in [0.5, 0.6) is 0 Å². The fourth-order valence-electron chi connectivity index (χ4n) is 5.37. The van der Waals surface area contributed by atoms with Crippen molar-refractivity contribution in [1.82, 2.24) is 5.32 Å². The molecule has 1 aliphatic heterocycles. The fourth-order valence-corrected chi connectivity index (χ4v) is 5.37. The highest BCUT2D eigenvalue weighted by Crippen LogP contribution is 2.40. The Morgan fingerprint density at radius 1 is 0.950 bits per heavy atom. The molecule has 0 radical (unpaired) electrons. The van der Waals surface area contributed by atoms with E-state index < -0.39 is 35.2 Å². The molecule has 2 nitrogen and oxygen atoms in total. The van der Waals surface area contributed by atoms with E-state index in [4.69, 9.17) is 4.74 Å². The minimum Gasteiger partial charge on any atom is -0.313 e. The van der Waals surface area contributed by atoms with E-state index in [9.17, 15) is 22.0 Å². The first kappa shape index (κ1) is 30.2. The van der Waals surface area contributed by atoms with Gasteiger partial charge >= 0.3 is 6.11 Å². The summed E-state index contributed by atoms with van der Waals surface area (Å²) in [6.07, 6.45) is 5.48. The third kappa shape index (κ3) is 8.14. The van der Waals surface area contributed by atoms with Crippen molar-refractivity contribution in [3.05, 3.63) is 100 Å². The topological polar surface area (TPSA) is 31.2 Å². The van der Waals surface area contributed by atoms with Crippen molar-refractivity contribution in [2.45, 2.75) is 89.4 Å². The Morgan fingerprint density at radius 2 is 1.65 bits per heavy atom. The van der Waals surface area contributed by atoms with Gasteiger partial charge in [0.1, 0.15) is 5.82 Å². The molecule has 7 heteroatoms. The predicted octanol–water partition coefficient (Wildman–Crippen LogP) is 9.43. The lowest BCUT2D eigenvalue weighted by molar-refractivity contribution is -0.278. The van der Waals surface area contributed by atoms with Gasteiger partial charge in [0.05, 0.1) is 11.7 Å². The molecule has 1 heterocycles. The van der Waals surface area contributed by atoms with Gasteiger partial charge < -0.3 is 10.1 Å². The molecular formula is C33H38F5NO. The van der Waals surface area contributed by atoms with Gasteiger partial charge in [-0.15, -0.1) is 0 Å². The Kier molecular flexibility index (Phi) is 10.4. The standard InChI is InChI=1S/C33H38F5NO/c1-3-23(20-32(36)30(34)4-2)24-10-12-25(13-11-24)26-14-16-28(17-15-26)40-33(37,38)29-18-9-22(19-31(29)35)7-5-6-8-27-21-39-27/h3-4,9-13,18-20,26-28,39H,5-8,14-17,21H2,1-2H3/b23-3+,30-4-,32-20+/t26?,27-,28?/m1/s1. The number of rotatable bonds is 12. The number of allylic oxidation sites excluding steroid dienone is 6. The van der Waals surface area contributed by atoms with Gasteiger partial charge in [-0.2, -0.15) is 8.78 Å². The molecule has 216 valence electrons. The van der Waals surface area contributed by atoms with Crippen molar-refractivity contribution >= 4 is 5.57 Å². The average Bonchev–Trinajstić information content (AvgIpc) is 3.78. The smallest absolute Gasteiger partial charge is 0.313 e. The van der Waals surface area contributed by atoms with Crippen molar-refractivity contribution in [3.63, 3.8) is 0 Å². The highest BCUT2D eigenvalue weighted by Gasteiger charge is 2.40. The summed E-state index contributed by atoms with van der Waals surface area (Å²) in [6, 6.07) is 12.2. The molecule has 2 aromatic rings. The van der Waals surface area contributed by atoms with Crippen LogP contribution in [0.25, 0.3) is 5.57 Å². The maximum absolute atomic E-state index is 14.9. The Bertz CT molecular complexity index is 1220. The van der Waals surface area contributed by atoms with Crippen LogP contribution >= 0.6 is 0 Å². The molecule has 2 aliphatic rings. The van der Waals surface area contributed by atoms with Crippen LogP contribution in [0, 0.1) is 5.82 Å². The lowest BCUT2D eigenvalue weighted by Crippen LogP contribution is -2.30. The SMILES string of the molecule is C/C=C(F)/C(F)=C\C(=C/C)c1ccc(C2CCC(OC(F)(F)c3ccc(CCCC[C@@H]4CN4)cc3F)CC2)cc1. The van der Waals surface area contributed by atoms with E-state index in [2.05, 4.69) is 5.32 Å². The van der Waals surface area contributed by atoms with Crippen molar-refractivity contribution in [1.29, 1.82) is 0 Å². The minimum absolute atomic E-state index is 0.177. The number of benzene rings is 2. The lowest BCUT2D eigenvalue weighted by atomic mass is 9.82. The van der Waals surface area contributed by atoms with Crippen molar-refractivity contribution in [2.24, 2.45) is 0 Å². The van der Waals surface area contributed by atoms with E-state index in [1.807, 2.05) is 24.3 Å². The summed E-state index contributed by atoms with van der Waals surface area (Å²) >= 11 is 0. The summed E-state index contributed by atoms with van der Waals surface area (Å²) in [7, 11) is 0. The second kappa shape index (κ2) is 13.7. The molecule has 1 saturated heterocycles. The van der Waals surface area contributed by atoms with Crippen LogP contribution in [-0.4, -0.2) is 18.7 Å². The monoisotopic (exact) mass is 559 g/mol. The van der Waals surface area contributed by atoms with Crippen LogP contribution in [0.2, 0.25) is 0 Å². The molecule has 0 aromatic heterocycles. The number of ether oxygens (including phenoxy) is 1. The number of hydrogen-bond acceptors (Lipinski definition) is 2. The van der Waals surface area contributed by atoms with Crippen LogP contribution < -0.4 is 5.32 Å². The lowest BCUT2D eigenvalue weighted by Gasteiger charge is -2.31. The molecule has 0 amide bonds. The number of halogens is 5. The van der Waals surface area contributed by atoms with Crippen LogP contribution in [0.3, 0.4) is 0 Å². The third-order valence-electron chi connectivity index (χ3n) is 7.89. The molecule has 1 aliphatic carbocycles. The van der Waals surface area contributed by atoms with Gasteiger partial charge in [-0.3, -0.25) is 0 Å². The van der Waals surface area contributed by atoms with Gasteiger partial charge in [0.15, 0.2) is 11.7 Å². The number of hydrogen-bond donors (Lipinski definition) is 1. The van der Waals surface area contributed by atoms with E-state index in [1.54, 1.807) is 19.1 Å². The third-order valence-corrected chi connectivity index (χ3v) is 7.89. The van der Waals surface area contributed by atoms with E-state index in [-0.39, 0.29) is 5.92 Å². The van der Waals surface area contributed by atoms with Gasteiger partial charge in [-0.1, -0.05) is 42.8 Å². The molecular weight excluding hydrogens is 521 g/mol. The molecule has 1 atom stereocenters. The molecule has 0 bridgehead atoms. The molecule has 2 fully saturated rings. The summed E-state index contributed by atoms with van der Waals surface area (Å²) in [5.41, 5.74) is 2.39. The Labute approximate surface area is 234 Å². The maximum atomic E-state index is 14.9. The molecule has 1 N–H and O–H groups in total. The highest BCUT2D eigenvalue weighted by molar-refractivity contribution is 5.74. The first-order chi connectivity index (χ1) is 19.2. The zero-order valence-electron chi connectivity index (χ0n) is 23.2. The Hall–Kier alpha value is -2.77. The van der Waals surface area contributed by atoms with E-state index in [0.29, 0.717) is 43.7 Å². The largest absolute Gasteiger partial charge is 0.386 e. The van der Waals surface area contributed by atoms with Gasteiger partial charge in [-0.25, -0.2) is 13.2 Å². The van der Waals surface area contributed by atoms with Gasteiger partial charge in [0.2, 0.25) is 0 Å². The molecule has 2 aromatic carbocycles. The summed E-state index contributed by atoms with van der Waals surface area (Å²) in [5.74, 6) is -2.59. The zero-order valence-corrected chi connectivity index (χ0v) is 23.2.